The van der Waals surface area contributed by atoms with Gasteiger partial charge in [-0.1, -0.05) is 43.0 Å². The van der Waals surface area contributed by atoms with E-state index in [1.165, 1.54) is 23.1 Å². The van der Waals surface area contributed by atoms with Crippen molar-refractivity contribution in [1.82, 2.24) is 25.0 Å². The van der Waals surface area contributed by atoms with Gasteiger partial charge in [0.25, 0.3) is 0 Å². The fraction of sp³-hybridized carbons (Fsp3) is 0.476. The number of nitrogens with zero attached hydrogens (tertiary/aromatic N) is 5. The Morgan fingerprint density at radius 2 is 1.88 bits per heavy atom. The van der Waals surface area contributed by atoms with Crippen LogP contribution in [0.4, 0.5) is 5.13 Å². The lowest BCUT2D eigenvalue weighted by atomic mass is 10.2. The van der Waals surface area contributed by atoms with Gasteiger partial charge in [-0.2, -0.15) is 0 Å². The molecule has 0 fully saturated rings. The van der Waals surface area contributed by atoms with Crippen LogP contribution in [0, 0.1) is 0 Å². The Morgan fingerprint density at radius 1 is 1.12 bits per heavy atom. The second-order valence-corrected chi connectivity index (χ2v) is 9.63. The average Bonchev–Trinajstić information content (AvgIpc) is 3.39. The van der Waals surface area contributed by atoms with E-state index in [2.05, 4.69) is 25.7 Å². The molecule has 172 valence electrons. The number of rotatable bonds is 10. The summed E-state index contributed by atoms with van der Waals surface area (Å²) in [6, 6.07) is 7.52. The standard InChI is InChI=1S/C21H28N6O3S2/c1-12(2)19-24-25-20(32-19)22-17(28)11-31-21-26-23-18(27(21)13(3)4)14(5)30-16-9-7-8-15(10-16)29-6/h7-10,12-14H,11H2,1-6H3,(H,22,25,28). The summed E-state index contributed by atoms with van der Waals surface area (Å²) in [6.07, 6.45) is -0.337. The minimum absolute atomic E-state index is 0.0960. The molecule has 11 heteroatoms. The Labute approximate surface area is 195 Å². The molecule has 0 bridgehead atoms. The molecule has 0 aliphatic carbocycles. The number of hydrogen-bond donors (Lipinski definition) is 1. The lowest BCUT2D eigenvalue weighted by Gasteiger charge is -2.19. The van der Waals surface area contributed by atoms with E-state index in [0.29, 0.717) is 21.9 Å². The number of carbonyl (C=O) groups excluding carboxylic acids is 1. The minimum Gasteiger partial charge on any atom is -0.497 e. The molecular formula is C21H28N6O3S2. The van der Waals surface area contributed by atoms with Crippen molar-refractivity contribution in [3.05, 3.63) is 35.1 Å². The van der Waals surface area contributed by atoms with Crippen LogP contribution in [0.1, 0.15) is 63.5 Å². The molecule has 3 rings (SSSR count). The zero-order valence-electron chi connectivity index (χ0n) is 19.0. The Morgan fingerprint density at radius 3 is 2.53 bits per heavy atom. The highest BCUT2D eigenvalue weighted by Crippen LogP contribution is 2.29. The van der Waals surface area contributed by atoms with Gasteiger partial charge in [0.2, 0.25) is 11.0 Å². The van der Waals surface area contributed by atoms with Crippen LogP contribution in [0.25, 0.3) is 0 Å². The number of nitrogens with one attached hydrogen (secondary N) is 1. The summed E-state index contributed by atoms with van der Waals surface area (Å²) < 4.78 is 13.3. The van der Waals surface area contributed by atoms with Gasteiger partial charge in [0.05, 0.1) is 12.9 Å². The second kappa shape index (κ2) is 10.8. The average molecular weight is 477 g/mol. The quantitative estimate of drug-likeness (QED) is 0.420. The molecule has 2 heterocycles. The second-order valence-electron chi connectivity index (χ2n) is 7.68. The molecule has 0 saturated heterocycles. The summed E-state index contributed by atoms with van der Waals surface area (Å²) in [6.45, 7) is 10.1. The molecule has 1 unspecified atom stereocenters. The zero-order chi connectivity index (χ0) is 23.3. The van der Waals surface area contributed by atoms with Gasteiger partial charge < -0.3 is 14.0 Å². The molecule has 0 saturated carbocycles. The minimum atomic E-state index is -0.337. The van der Waals surface area contributed by atoms with Gasteiger partial charge in [0, 0.05) is 18.0 Å². The number of aromatic nitrogens is 5. The summed E-state index contributed by atoms with van der Waals surface area (Å²) >= 11 is 2.71. The first-order valence-corrected chi connectivity index (χ1v) is 12.1. The fourth-order valence-electron chi connectivity index (χ4n) is 2.88. The van der Waals surface area contributed by atoms with Crippen molar-refractivity contribution in [3.63, 3.8) is 0 Å². The first-order chi connectivity index (χ1) is 15.3. The maximum absolute atomic E-state index is 12.4. The Kier molecular flexibility index (Phi) is 8.08. The number of methoxy groups -OCH3 is 1. The van der Waals surface area contributed by atoms with Crippen LogP contribution in [0.15, 0.2) is 29.4 Å². The van der Waals surface area contributed by atoms with Crippen molar-refractivity contribution in [3.8, 4) is 11.5 Å². The highest BCUT2D eigenvalue weighted by molar-refractivity contribution is 7.99. The van der Waals surface area contributed by atoms with Crippen LogP contribution in [-0.4, -0.2) is 43.7 Å². The van der Waals surface area contributed by atoms with E-state index in [9.17, 15) is 4.79 Å². The Balaban J connectivity index is 1.66. The van der Waals surface area contributed by atoms with Crippen LogP contribution in [0.2, 0.25) is 0 Å². The smallest absolute Gasteiger partial charge is 0.236 e. The van der Waals surface area contributed by atoms with E-state index in [1.807, 2.05) is 63.5 Å². The predicted octanol–water partition coefficient (Wildman–Crippen LogP) is 4.71. The maximum atomic E-state index is 12.4. The van der Waals surface area contributed by atoms with Crippen LogP contribution in [0.5, 0.6) is 11.5 Å². The largest absolute Gasteiger partial charge is 0.497 e. The van der Waals surface area contributed by atoms with E-state index >= 15 is 0 Å². The number of ether oxygens (including phenoxy) is 2. The van der Waals surface area contributed by atoms with Gasteiger partial charge in [-0.05, 0) is 32.9 Å². The third-order valence-electron chi connectivity index (χ3n) is 4.44. The zero-order valence-corrected chi connectivity index (χ0v) is 20.7. The van der Waals surface area contributed by atoms with Gasteiger partial charge in [0.15, 0.2) is 17.1 Å². The molecule has 1 amide bonds. The molecule has 9 nitrogen and oxygen atoms in total. The SMILES string of the molecule is COc1cccc(OC(C)c2nnc(SCC(=O)Nc3nnc(C(C)C)s3)n2C(C)C)c1. The summed E-state index contributed by atoms with van der Waals surface area (Å²) in [5.41, 5.74) is 0. The molecule has 0 radical (unpaired) electrons. The Hall–Kier alpha value is -2.66. The van der Waals surface area contributed by atoms with E-state index in [4.69, 9.17) is 9.47 Å². The molecule has 1 atom stereocenters. The monoisotopic (exact) mass is 476 g/mol. The van der Waals surface area contributed by atoms with Crippen molar-refractivity contribution in [2.75, 3.05) is 18.2 Å². The molecule has 0 aliphatic rings. The third kappa shape index (κ3) is 5.98. The summed E-state index contributed by atoms with van der Waals surface area (Å²) in [5, 5.41) is 21.6. The van der Waals surface area contributed by atoms with Gasteiger partial charge in [0.1, 0.15) is 16.5 Å². The van der Waals surface area contributed by atoms with Gasteiger partial charge >= 0.3 is 0 Å². The van der Waals surface area contributed by atoms with E-state index in [1.54, 1.807) is 7.11 Å². The highest BCUT2D eigenvalue weighted by atomic mass is 32.2. The number of anilines is 1. The Bertz CT molecular complexity index is 1050. The van der Waals surface area contributed by atoms with Gasteiger partial charge in [-0.25, -0.2) is 0 Å². The number of thioether (sulfide) groups is 1. The molecular weight excluding hydrogens is 448 g/mol. The van der Waals surface area contributed by atoms with E-state index in [0.717, 1.165) is 10.8 Å². The van der Waals surface area contributed by atoms with Crippen molar-refractivity contribution in [1.29, 1.82) is 0 Å². The normalized spacial score (nSPS) is 12.2. The highest BCUT2D eigenvalue weighted by Gasteiger charge is 2.22. The first kappa shape index (κ1) is 24.0. The van der Waals surface area contributed by atoms with Crippen molar-refractivity contribution >= 4 is 34.1 Å². The van der Waals surface area contributed by atoms with E-state index < -0.39 is 0 Å². The first-order valence-electron chi connectivity index (χ1n) is 10.3. The molecule has 2 aromatic heterocycles. The van der Waals surface area contributed by atoms with Crippen molar-refractivity contribution < 1.29 is 14.3 Å². The summed E-state index contributed by atoms with van der Waals surface area (Å²) in [5.74, 6) is 2.39. The number of carbonyl (C=O) groups is 1. The number of amides is 1. The summed E-state index contributed by atoms with van der Waals surface area (Å²) in [4.78, 5) is 12.4. The lowest BCUT2D eigenvalue weighted by Crippen LogP contribution is -2.16. The maximum Gasteiger partial charge on any atom is 0.236 e. The van der Waals surface area contributed by atoms with Crippen LogP contribution in [-0.2, 0) is 4.79 Å². The molecule has 3 aromatic rings. The predicted molar refractivity (Wildman–Crippen MR) is 126 cm³/mol. The van der Waals surface area contributed by atoms with Crippen LogP contribution < -0.4 is 14.8 Å². The molecule has 0 spiro atoms. The van der Waals surface area contributed by atoms with Gasteiger partial charge in [-0.15, -0.1) is 20.4 Å². The van der Waals surface area contributed by atoms with Crippen molar-refractivity contribution in [2.45, 2.75) is 57.8 Å². The molecule has 1 aromatic carbocycles. The number of hydrogen-bond acceptors (Lipinski definition) is 9. The summed E-state index contributed by atoms with van der Waals surface area (Å²) in [7, 11) is 1.62. The molecule has 1 N–H and O–H groups in total. The number of benzene rings is 1. The fourth-order valence-corrected chi connectivity index (χ4v) is 4.52. The topological polar surface area (TPSA) is 104 Å². The van der Waals surface area contributed by atoms with Crippen LogP contribution in [0.3, 0.4) is 0 Å². The lowest BCUT2D eigenvalue weighted by molar-refractivity contribution is -0.113. The molecule has 0 aliphatic heterocycles. The van der Waals surface area contributed by atoms with Crippen LogP contribution >= 0.6 is 23.1 Å². The van der Waals surface area contributed by atoms with E-state index in [-0.39, 0.29) is 29.7 Å². The van der Waals surface area contributed by atoms with Gasteiger partial charge in [-0.3, -0.25) is 10.1 Å². The van der Waals surface area contributed by atoms with Crippen molar-refractivity contribution in [2.24, 2.45) is 0 Å². The molecule has 32 heavy (non-hydrogen) atoms. The third-order valence-corrected chi connectivity index (χ3v) is 6.52.